The summed E-state index contributed by atoms with van der Waals surface area (Å²) in [7, 11) is -4.40. The molecular weight excluding hydrogens is 569 g/mol. The molecule has 0 aromatic heterocycles. The molecule has 0 radical (unpaired) electrons. The number of phosphoric ester groups is 1. The van der Waals surface area contributed by atoms with Gasteiger partial charge >= 0.3 is 13.8 Å². The van der Waals surface area contributed by atoms with Crippen LogP contribution in [0.25, 0.3) is 0 Å². The zero-order valence-electron chi connectivity index (χ0n) is 27.1. The van der Waals surface area contributed by atoms with Crippen LogP contribution in [0.15, 0.2) is 24.3 Å². The molecule has 9 nitrogen and oxygen atoms in total. The van der Waals surface area contributed by atoms with Crippen molar-refractivity contribution in [2.45, 2.75) is 148 Å². The molecule has 0 rings (SSSR count). The van der Waals surface area contributed by atoms with Gasteiger partial charge in [0.1, 0.15) is 12.7 Å². The van der Waals surface area contributed by atoms with E-state index in [4.69, 9.17) is 13.8 Å². The van der Waals surface area contributed by atoms with Crippen LogP contribution in [0.4, 0.5) is 0 Å². The van der Waals surface area contributed by atoms with Gasteiger partial charge in [-0.15, -0.1) is 0 Å². The number of aliphatic hydroxyl groups excluding tert-OH is 1. The lowest BCUT2D eigenvalue weighted by Gasteiger charge is -2.15. The second kappa shape index (κ2) is 30.5. The first kappa shape index (κ1) is 41.5. The monoisotopic (exact) mass is 631 g/mol. The third-order valence-electron chi connectivity index (χ3n) is 6.87. The average molecular weight is 632 g/mol. The largest absolute Gasteiger partial charge is 0.472 e. The average Bonchev–Trinajstić information content (AvgIpc) is 2.98. The molecule has 0 aromatic carbocycles. The fourth-order valence-electron chi connectivity index (χ4n) is 4.30. The van der Waals surface area contributed by atoms with E-state index < -0.39 is 26.5 Å². The van der Waals surface area contributed by atoms with Gasteiger partial charge in [-0.1, -0.05) is 115 Å². The molecule has 10 heteroatoms. The lowest BCUT2D eigenvalue weighted by Crippen LogP contribution is -2.27. The number of allylic oxidation sites excluding steroid dienone is 4. The van der Waals surface area contributed by atoms with Crippen molar-refractivity contribution in [1.82, 2.24) is 5.32 Å². The normalized spacial score (nSPS) is 13.9. The fraction of sp³-hybridized carbons (Fsp3) is 0.818. The summed E-state index contributed by atoms with van der Waals surface area (Å²) >= 11 is 0. The minimum Gasteiger partial charge on any atom is -0.463 e. The molecule has 0 heterocycles. The van der Waals surface area contributed by atoms with E-state index in [1.165, 1.54) is 44.9 Å². The molecule has 2 atom stereocenters. The molecule has 0 aliphatic rings. The maximum atomic E-state index is 12.0. The standard InChI is InChI=1S/C33H62NO8P/c1-3-5-7-9-11-13-14-15-16-18-19-21-23-25-32(36)34-27-28-41-43(38,39)42-30-31(35)29-40-33(37)26-24-22-20-17-12-10-8-6-4-2/h7,9,13-14,31,35H,3-6,8,10-12,15-30H2,1-2H3,(H,34,36)(H,38,39)/b9-7-,14-13-. The molecule has 0 saturated heterocycles. The Morgan fingerprint density at radius 2 is 1.30 bits per heavy atom. The maximum absolute atomic E-state index is 12.0. The number of aliphatic hydroxyl groups is 1. The molecule has 0 aromatic rings. The van der Waals surface area contributed by atoms with Crippen molar-refractivity contribution >= 4 is 19.7 Å². The zero-order valence-corrected chi connectivity index (χ0v) is 28.0. The van der Waals surface area contributed by atoms with Gasteiger partial charge < -0.3 is 20.1 Å². The van der Waals surface area contributed by atoms with Crippen molar-refractivity contribution in [2.24, 2.45) is 0 Å². The molecule has 0 fully saturated rings. The van der Waals surface area contributed by atoms with Crippen LogP contribution >= 0.6 is 7.82 Å². The highest BCUT2D eigenvalue weighted by molar-refractivity contribution is 7.47. The molecule has 0 bridgehead atoms. The first-order chi connectivity index (χ1) is 20.8. The van der Waals surface area contributed by atoms with Crippen LogP contribution in [0.5, 0.6) is 0 Å². The second-order valence-corrected chi connectivity index (χ2v) is 12.6. The topological polar surface area (TPSA) is 131 Å². The van der Waals surface area contributed by atoms with Crippen LogP contribution in [-0.4, -0.2) is 54.3 Å². The van der Waals surface area contributed by atoms with Crippen molar-refractivity contribution in [3.63, 3.8) is 0 Å². The summed E-state index contributed by atoms with van der Waals surface area (Å²) in [5, 5.41) is 12.6. The predicted molar refractivity (Wildman–Crippen MR) is 174 cm³/mol. The van der Waals surface area contributed by atoms with E-state index in [1.807, 2.05) is 0 Å². The highest BCUT2D eigenvalue weighted by atomic mass is 31.2. The van der Waals surface area contributed by atoms with E-state index in [9.17, 15) is 24.2 Å². The molecule has 43 heavy (non-hydrogen) atoms. The van der Waals surface area contributed by atoms with Gasteiger partial charge in [-0.05, 0) is 38.5 Å². The van der Waals surface area contributed by atoms with E-state index in [0.717, 1.165) is 70.6 Å². The molecule has 2 unspecified atom stereocenters. The number of carbonyl (C=O) groups is 2. The summed E-state index contributed by atoms with van der Waals surface area (Å²) in [5.41, 5.74) is 0. The van der Waals surface area contributed by atoms with Crippen molar-refractivity contribution in [1.29, 1.82) is 0 Å². The van der Waals surface area contributed by atoms with Crippen LogP contribution in [0.3, 0.4) is 0 Å². The number of carbonyl (C=O) groups excluding carboxylic acids is 2. The van der Waals surface area contributed by atoms with Gasteiger partial charge in [0.25, 0.3) is 0 Å². The maximum Gasteiger partial charge on any atom is 0.472 e. The Kier molecular flexibility index (Phi) is 29.4. The first-order valence-corrected chi connectivity index (χ1v) is 18.3. The Morgan fingerprint density at radius 1 is 0.721 bits per heavy atom. The molecule has 1 amide bonds. The van der Waals surface area contributed by atoms with Crippen LogP contribution in [-0.2, 0) is 27.9 Å². The molecule has 0 saturated carbocycles. The lowest BCUT2D eigenvalue weighted by atomic mass is 10.1. The van der Waals surface area contributed by atoms with Crippen molar-refractivity contribution in [3.8, 4) is 0 Å². The first-order valence-electron chi connectivity index (χ1n) is 16.8. The third kappa shape index (κ3) is 31.7. The SMILES string of the molecule is CCC/C=C\C/C=C\CCCCCCCC(=O)NCCOP(=O)(O)OCC(O)COC(=O)CCCCCCCCCCC. The highest BCUT2D eigenvalue weighted by Gasteiger charge is 2.23. The van der Waals surface area contributed by atoms with Crippen LogP contribution in [0.1, 0.15) is 142 Å². The number of ether oxygens (including phenoxy) is 1. The second-order valence-electron chi connectivity index (χ2n) is 11.1. The minimum absolute atomic E-state index is 0.0751. The number of phosphoric acid groups is 1. The van der Waals surface area contributed by atoms with Gasteiger partial charge in [-0.25, -0.2) is 4.57 Å². The Labute approximate surface area is 261 Å². The molecule has 0 aliphatic carbocycles. The number of esters is 1. The van der Waals surface area contributed by atoms with Crippen molar-refractivity contribution < 1.29 is 37.9 Å². The fourth-order valence-corrected chi connectivity index (χ4v) is 5.06. The smallest absolute Gasteiger partial charge is 0.463 e. The van der Waals surface area contributed by atoms with E-state index in [2.05, 4.69) is 43.5 Å². The van der Waals surface area contributed by atoms with E-state index in [0.29, 0.717) is 6.42 Å². The Hall–Kier alpha value is -1.51. The molecular formula is C33H62NO8P. The van der Waals surface area contributed by atoms with Gasteiger partial charge in [0, 0.05) is 19.4 Å². The van der Waals surface area contributed by atoms with Crippen LogP contribution < -0.4 is 5.32 Å². The third-order valence-corrected chi connectivity index (χ3v) is 7.85. The minimum atomic E-state index is -4.40. The van der Waals surface area contributed by atoms with Gasteiger partial charge in [-0.2, -0.15) is 0 Å². The number of unbranched alkanes of at least 4 members (excludes halogenated alkanes) is 14. The van der Waals surface area contributed by atoms with Crippen LogP contribution in [0.2, 0.25) is 0 Å². The quantitative estimate of drug-likeness (QED) is 0.0303. The van der Waals surface area contributed by atoms with Gasteiger partial charge in [0.2, 0.25) is 5.91 Å². The predicted octanol–water partition coefficient (Wildman–Crippen LogP) is 8.09. The molecule has 0 aliphatic heterocycles. The lowest BCUT2D eigenvalue weighted by molar-refractivity contribution is -0.147. The molecule has 0 spiro atoms. The van der Waals surface area contributed by atoms with E-state index >= 15 is 0 Å². The van der Waals surface area contributed by atoms with Crippen molar-refractivity contribution in [3.05, 3.63) is 24.3 Å². The number of nitrogens with one attached hydrogen (secondary N) is 1. The van der Waals surface area contributed by atoms with Crippen LogP contribution in [0, 0.1) is 0 Å². The molecule has 3 N–H and O–H groups in total. The Morgan fingerprint density at radius 3 is 1.95 bits per heavy atom. The summed E-state index contributed by atoms with van der Waals surface area (Å²) in [6, 6.07) is 0. The summed E-state index contributed by atoms with van der Waals surface area (Å²) in [5.74, 6) is -0.536. The number of amides is 1. The van der Waals surface area contributed by atoms with Gasteiger partial charge in [-0.3, -0.25) is 18.6 Å². The van der Waals surface area contributed by atoms with E-state index in [-0.39, 0.29) is 32.1 Å². The number of hydrogen-bond donors (Lipinski definition) is 3. The summed E-state index contributed by atoms with van der Waals surface area (Å²) in [6.45, 7) is 3.42. The highest BCUT2D eigenvalue weighted by Crippen LogP contribution is 2.42. The Balaban J connectivity index is 3.67. The zero-order chi connectivity index (χ0) is 31.9. The number of rotatable bonds is 31. The summed E-state index contributed by atoms with van der Waals surface area (Å²) in [6.07, 6.45) is 28.3. The van der Waals surface area contributed by atoms with Crippen molar-refractivity contribution in [2.75, 3.05) is 26.4 Å². The summed E-state index contributed by atoms with van der Waals surface area (Å²) < 4.78 is 26.6. The summed E-state index contributed by atoms with van der Waals surface area (Å²) in [4.78, 5) is 33.5. The van der Waals surface area contributed by atoms with Gasteiger partial charge in [0.05, 0.1) is 13.2 Å². The van der Waals surface area contributed by atoms with Gasteiger partial charge in [0.15, 0.2) is 0 Å². The Bertz CT molecular complexity index is 774. The van der Waals surface area contributed by atoms with E-state index in [1.54, 1.807) is 0 Å². The molecule has 252 valence electrons. The number of hydrogen-bond acceptors (Lipinski definition) is 7.